The van der Waals surface area contributed by atoms with E-state index in [1.165, 1.54) is 11.8 Å². The number of aromatic nitrogens is 4. The fourth-order valence-corrected chi connectivity index (χ4v) is 4.26. The maximum atomic E-state index is 12.7. The molecular formula is C22H24N6OS. The summed E-state index contributed by atoms with van der Waals surface area (Å²) < 4.78 is 3.97. The van der Waals surface area contributed by atoms with Crippen molar-refractivity contribution in [2.75, 3.05) is 11.1 Å². The number of benzene rings is 1. The van der Waals surface area contributed by atoms with Gasteiger partial charge in [-0.3, -0.25) is 4.79 Å². The molecule has 30 heavy (non-hydrogen) atoms. The number of anilines is 1. The lowest BCUT2D eigenvalue weighted by atomic mass is 10.2. The number of nitrogens with one attached hydrogen (secondary N) is 1. The van der Waals surface area contributed by atoms with Crippen LogP contribution in [0.1, 0.15) is 47.0 Å². The molecule has 2 aromatic heterocycles. The van der Waals surface area contributed by atoms with Gasteiger partial charge in [0.25, 0.3) is 0 Å². The van der Waals surface area contributed by atoms with E-state index in [0.29, 0.717) is 23.8 Å². The van der Waals surface area contributed by atoms with Crippen molar-refractivity contribution < 1.29 is 4.79 Å². The molecule has 2 heterocycles. The Labute approximate surface area is 180 Å². The average Bonchev–Trinajstić information content (AvgIpc) is 3.49. The van der Waals surface area contributed by atoms with Crippen LogP contribution >= 0.6 is 11.8 Å². The molecule has 8 heteroatoms. The molecule has 1 fully saturated rings. The first-order valence-electron chi connectivity index (χ1n) is 9.95. The van der Waals surface area contributed by atoms with E-state index >= 15 is 0 Å². The van der Waals surface area contributed by atoms with E-state index < -0.39 is 0 Å². The Morgan fingerprint density at radius 3 is 2.67 bits per heavy atom. The van der Waals surface area contributed by atoms with Gasteiger partial charge in [-0.05, 0) is 37.8 Å². The summed E-state index contributed by atoms with van der Waals surface area (Å²) in [5.74, 6) is 2.09. The topological polar surface area (TPSA) is 88.5 Å². The standard InChI is InChI=1S/C22H24N6OS/c1-14-15(2)28(12-16-7-5-4-6-8-16)21(18(14)11-23)24-19(29)13-30-22-26-25-20(27(22)3)17-9-10-17/h4-8,17H,9-10,12-13H2,1-3H3,(H,24,29). The Kier molecular flexibility index (Phi) is 5.64. The summed E-state index contributed by atoms with van der Waals surface area (Å²) in [7, 11) is 1.94. The van der Waals surface area contributed by atoms with E-state index in [1.54, 1.807) is 0 Å². The molecule has 0 aliphatic heterocycles. The number of thioether (sulfide) groups is 1. The molecule has 0 radical (unpaired) electrons. The summed E-state index contributed by atoms with van der Waals surface area (Å²) in [5.41, 5.74) is 3.48. The van der Waals surface area contributed by atoms with Crippen LogP contribution in [0.25, 0.3) is 0 Å². The van der Waals surface area contributed by atoms with Crippen molar-refractivity contribution in [3.05, 3.63) is 58.5 Å². The predicted molar refractivity (Wildman–Crippen MR) is 116 cm³/mol. The van der Waals surface area contributed by atoms with Crippen LogP contribution in [0.2, 0.25) is 0 Å². The lowest BCUT2D eigenvalue weighted by Gasteiger charge is -2.13. The normalized spacial score (nSPS) is 13.3. The molecule has 0 spiro atoms. The minimum absolute atomic E-state index is 0.167. The Morgan fingerprint density at radius 1 is 1.27 bits per heavy atom. The van der Waals surface area contributed by atoms with Crippen LogP contribution in [0.3, 0.4) is 0 Å². The molecule has 1 amide bonds. The van der Waals surface area contributed by atoms with E-state index in [0.717, 1.165) is 40.6 Å². The summed E-state index contributed by atoms with van der Waals surface area (Å²) in [6.07, 6.45) is 2.32. The maximum Gasteiger partial charge on any atom is 0.235 e. The highest BCUT2D eigenvalue weighted by Crippen LogP contribution is 2.39. The molecule has 1 aliphatic rings. The quantitative estimate of drug-likeness (QED) is 0.588. The number of hydrogen-bond acceptors (Lipinski definition) is 5. The largest absolute Gasteiger partial charge is 0.326 e. The van der Waals surface area contributed by atoms with Gasteiger partial charge in [0.15, 0.2) is 5.16 Å². The molecule has 3 aromatic rings. The predicted octanol–water partition coefficient (Wildman–Crippen LogP) is 3.76. The SMILES string of the molecule is Cc1c(C#N)c(NC(=O)CSc2nnc(C3CC3)n2C)n(Cc2ccccc2)c1C. The molecule has 1 N–H and O–H groups in total. The second kappa shape index (κ2) is 8.36. The third-order valence-electron chi connectivity index (χ3n) is 5.53. The van der Waals surface area contributed by atoms with Crippen molar-refractivity contribution >= 4 is 23.5 Å². The van der Waals surface area contributed by atoms with E-state index in [-0.39, 0.29) is 11.7 Å². The summed E-state index contributed by atoms with van der Waals surface area (Å²) >= 11 is 1.36. The van der Waals surface area contributed by atoms with Gasteiger partial charge in [0, 0.05) is 25.2 Å². The fraction of sp³-hybridized carbons (Fsp3) is 0.364. The van der Waals surface area contributed by atoms with Crippen molar-refractivity contribution in [2.45, 2.75) is 44.3 Å². The zero-order valence-electron chi connectivity index (χ0n) is 17.3. The number of carbonyl (C=O) groups excluding carboxylic acids is 1. The van der Waals surface area contributed by atoms with Crippen molar-refractivity contribution in [2.24, 2.45) is 7.05 Å². The molecule has 1 aromatic carbocycles. The first kappa shape index (κ1) is 20.2. The minimum Gasteiger partial charge on any atom is -0.326 e. The Hall–Kier alpha value is -3.05. The average molecular weight is 421 g/mol. The monoisotopic (exact) mass is 420 g/mol. The smallest absolute Gasteiger partial charge is 0.235 e. The number of nitriles is 1. The highest BCUT2D eigenvalue weighted by atomic mass is 32.2. The van der Waals surface area contributed by atoms with Crippen molar-refractivity contribution in [3.63, 3.8) is 0 Å². The van der Waals surface area contributed by atoms with Crippen molar-refractivity contribution in [1.29, 1.82) is 5.26 Å². The Bertz CT molecular complexity index is 1120. The molecule has 0 atom stereocenters. The third kappa shape index (κ3) is 3.98. The Balaban J connectivity index is 1.51. The van der Waals surface area contributed by atoms with Gasteiger partial charge in [-0.25, -0.2) is 0 Å². The van der Waals surface area contributed by atoms with Crippen molar-refractivity contribution in [3.8, 4) is 6.07 Å². The van der Waals surface area contributed by atoms with Crippen LogP contribution in [0.4, 0.5) is 5.82 Å². The number of rotatable bonds is 7. The second-order valence-electron chi connectivity index (χ2n) is 7.63. The van der Waals surface area contributed by atoms with Gasteiger partial charge in [0.05, 0.1) is 11.3 Å². The molecule has 7 nitrogen and oxygen atoms in total. The van der Waals surface area contributed by atoms with E-state index in [2.05, 4.69) is 21.6 Å². The maximum absolute atomic E-state index is 12.7. The van der Waals surface area contributed by atoms with Crippen LogP contribution in [0.5, 0.6) is 0 Å². The van der Waals surface area contributed by atoms with Gasteiger partial charge in [-0.2, -0.15) is 5.26 Å². The molecule has 0 saturated heterocycles. The van der Waals surface area contributed by atoms with E-state index in [9.17, 15) is 10.1 Å². The number of carbonyl (C=O) groups is 1. The van der Waals surface area contributed by atoms with Crippen molar-refractivity contribution in [1.82, 2.24) is 19.3 Å². The summed E-state index contributed by atoms with van der Waals surface area (Å²) in [4.78, 5) is 12.7. The van der Waals surface area contributed by atoms with Gasteiger partial charge < -0.3 is 14.5 Å². The lowest BCUT2D eigenvalue weighted by molar-refractivity contribution is -0.113. The van der Waals surface area contributed by atoms with Gasteiger partial charge in [-0.1, -0.05) is 42.1 Å². The highest BCUT2D eigenvalue weighted by molar-refractivity contribution is 7.99. The second-order valence-corrected chi connectivity index (χ2v) is 8.57. The van der Waals surface area contributed by atoms with Gasteiger partial charge >= 0.3 is 0 Å². The van der Waals surface area contributed by atoms with Crippen LogP contribution < -0.4 is 5.32 Å². The zero-order valence-corrected chi connectivity index (χ0v) is 18.2. The minimum atomic E-state index is -0.167. The van der Waals surface area contributed by atoms with Crippen LogP contribution in [-0.2, 0) is 18.4 Å². The van der Waals surface area contributed by atoms with Gasteiger partial charge in [0.2, 0.25) is 5.91 Å². The first-order chi connectivity index (χ1) is 14.5. The molecular weight excluding hydrogens is 396 g/mol. The molecule has 154 valence electrons. The fourth-order valence-electron chi connectivity index (χ4n) is 3.54. The molecule has 1 aliphatic carbocycles. The van der Waals surface area contributed by atoms with E-state index in [4.69, 9.17) is 0 Å². The van der Waals surface area contributed by atoms with Gasteiger partial charge in [0.1, 0.15) is 17.7 Å². The third-order valence-corrected chi connectivity index (χ3v) is 6.55. The number of amides is 1. The zero-order chi connectivity index (χ0) is 21.3. The summed E-state index contributed by atoms with van der Waals surface area (Å²) in [6.45, 7) is 4.48. The molecule has 0 unspecified atom stereocenters. The van der Waals surface area contributed by atoms with Crippen LogP contribution in [-0.4, -0.2) is 31.0 Å². The molecule has 4 rings (SSSR count). The molecule has 0 bridgehead atoms. The molecule has 1 saturated carbocycles. The highest BCUT2D eigenvalue weighted by Gasteiger charge is 2.29. The first-order valence-corrected chi connectivity index (χ1v) is 10.9. The summed E-state index contributed by atoms with van der Waals surface area (Å²) in [6, 6.07) is 12.3. The number of hydrogen-bond donors (Lipinski definition) is 1. The van der Waals surface area contributed by atoms with Crippen LogP contribution in [0, 0.1) is 25.2 Å². The van der Waals surface area contributed by atoms with Crippen LogP contribution in [0.15, 0.2) is 35.5 Å². The van der Waals surface area contributed by atoms with Gasteiger partial charge in [-0.15, -0.1) is 10.2 Å². The van der Waals surface area contributed by atoms with E-state index in [1.807, 2.05) is 60.4 Å². The lowest BCUT2D eigenvalue weighted by Crippen LogP contribution is -2.19. The summed E-state index contributed by atoms with van der Waals surface area (Å²) in [5, 5.41) is 21.9. The number of nitrogens with zero attached hydrogens (tertiary/aromatic N) is 5. The Morgan fingerprint density at radius 2 is 2.00 bits per heavy atom.